The molecule has 1 amide bonds. The van der Waals surface area contributed by atoms with Gasteiger partial charge in [0.2, 0.25) is 5.91 Å². The van der Waals surface area contributed by atoms with Gasteiger partial charge in [-0.05, 0) is 12.8 Å². The van der Waals surface area contributed by atoms with E-state index < -0.39 is 0 Å². The van der Waals surface area contributed by atoms with Crippen LogP contribution in [0.5, 0.6) is 0 Å². The second kappa shape index (κ2) is 16.7. The lowest BCUT2D eigenvalue weighted by atomic mass is 10.2. The van der Waals surface area contributed by atoms with Crippen LogP contribution in [0.25, 0.3) is 0 Å². The van der Waals surface area contributed by atoms with Crippen LogP contribution >= 0.6 is 0 Å². The normalized spacial score (nSPS) is 13.7. The molecule has 0 aliphatic carbocycles. The van der Waals surface area contributed by atoms with Crippen LogP contribution in [0.3, 0.4) is 0 Å². The quantitative estimate of drug-likeness (QED) is 0.745. The molecule has 0 unspecified atom stereocenters. The van der Waals surface area contributed by atoms with Crippen molar-refractivity contribution in [1.29, 1.82) is 0 Å². The van der Waals surface area contributed by atoms with E-state index >= 15 is 0 Å². The van der Waals surface area contributed by atoms with Gasteiger partial charge in [0.25, 0.3) is 0 Å². The molecule has 1 aliphatic rings. The maximum atomic E-state index is 10.6. The third-order valence-electron chi connectivity index (χ3n) is 3.28. The van der Waals surface area contributed by atoms with E-state index in [-0.39, 0.29) is 5.91 Å². The zero-order chi connectivity index (χ0) is 15.6. The van der Waals surface area contributed by atoms with Gasteiger partial charge in [0.15, 0.2) is 0 Å². The lowest BCUT2D eigenvalue weighted by Gasteiger charge is -1.93. The number of unbranched alkanes of at least 4 members (excludes halogenated alkanes) is 4. The predicted octanol–water partition coefficient (Wildman–Crippen LogP) is 5.34. The zero-order valence-electron chi connectivity index (χ0n) is 13.9. The fourth-order valence-electron chi connectivity index (χ4n) is 1.97. The van der Waals surface area contributed by atoms with Crippen molar-refractivity contribution in [3.8, 4) is 0 Å². The number of nitrogens with one attached hydrogen (secondary N) is 1. The summed E-state index contributed by atoms with van der Waals surface area (Å²) in [6, 6.07) is 12.0. The summed E-state index contributed by atoms with van der Waals surface area (Å²) >= 11 is 0. The number of amides is 1. The standard InChI is InChI=1S/C7H16.C6H11NO.C6H6/c1-3-5-7-6-4-2;8-6-4-2-1-3-5-7-6;1-2-4-6-5-3-1/h3-7H2,1-2H3;1-5H2,(H,7,8);1-6H. The van der Waals surface area contributed by atoms with E-state index in [0.717, 1.165) is 25.8 Å². The Hall–Kier alpha value is -1.31. The highest BCUT2D eigenvalue weighted by Gasteiger charge is 2.03. The Morgan fingerprint density at radius 2 is 1.33 bits per heavy atom. The van der Waals surface area contributed by atoms with Crippen molar-refractivity contribution in [3.63, 3.8) is 0 Å². The van der Waals surface area contributed by atoms with Crippen molar-refractivity contribution in [2.75, 3.05) is 6.54 Å². The van der Waals surface area contributed by atoms with E-state index in [1.165, 1.54) is 38.5 Å². The Morgan fingerprint density at radius 1 is 0.810 bits per heavy atom. The molecule has 0 saturated carbocycles. The van der Waals surface area contributed by atoms with E-state index in [1.807, 2.05) is 36.4 Å². The van der Waals surface area contributed by atoms with Gasteiger partial charge in [0.1, 0.15) is 0 Å². The number of rotatable bonds is 4. The zero-order valence-corrected chi connectivity index (χ0v) is 13.9. The average Bonchev–Trinajstić information content (AvgIpc) is 2.78. The van der Waals surface area contributed by atoms with Crippen molar-refractivity contribution in [2.45, 2.75) is 71.6 Å². The number of benzene rings is 1. The molecule has 0 bridgehead atoms. The summed E-state index contributed by atoms with van der Waals surface area (Å²) in [7, 11) is 0. The summed E-state index contributed by atoms with van der Waals surface area (Å²) in [5.41, 5.74) is 0. The van der Waals surface area contributed by atoms with Crippen LogP contribution in [0, 0.1) is 0 Å². The van der Waals surface area contributed by atoms with Crippen molar-refractivity contribution in [1.82, 2.24) is 5.32 Å². The van der Waals surface area contributed by atoms with Gasteiger partial charge in [-0.25, -0.2) is 0 Å². The smallest absolute Gasteiger partial charge is 0.219 e. The predicted molar refractivity (Wildman–Crippen MR) is 92.4 cm³/mol. The Bertz CT molecular complexity index is 270. The van der Waals surface area contributed by atoms with Gasteiger partial charge in [-0.1, -0.05) is 88.8 Å². The summed E-state index contributed by atoms with van der Waals surface area (Å²) in [5, 5.41) is 2.81. The average molecular weight is 291 g/mol. The highest BCUT2D eigenvalue weighted by Crippen LogP contribution is 2.02. The first-order chi connectivity index (χ1) is 10.3. The molecule has 1 aromatic carbocycles. The second-order valence-electron chi connectivity index (χ2n) is 5.38. The Balaban J connectivity index is 0.000000289. The molecule has 1 N–H and O–H groups in total. The summed E-state index contributed by atoms with van der Waals surface area (Å²) in [5.74, 6) is 0.225. The van der Waals surface area contributed by atoms with Crippen LogP contribution in [-0.4, -0.2) is 12.5 Å². The molecule has 0 radical (unpaired) electrons. The van der Waals surface area contributed by atoms with Crippen LogP contribution < -0.4 is 5.32 Å². The van der Waals surface area contributed by atoms with Gasteiger partial charge in [-0.2, -0.15) is 0 Å². The monoisotopic (exact) mass is 291 g/mol. The summed E-state index contributed by atoms with van der Waals surface area (Å²) in [6.45, 7) is 5.38. The fourth-order valence-corrected chi connectivity index (χ4v) is 1.97. The van der Waals surface area contributed by atoms with E-state index in [0.29, 0.717) is 0 Å². The molecule has 1 aliphatic heterocycles. The molecule has 120 valence electrons. The molecule has 21 heavy (non-hydrogen) atoms. The molecule has 1 saturated heterocycles. The van der Waals surface area contributed by atoms with E-state index in [4.69, 9.17) is 0 Å². The molecule has 0 aromatic heterocycles. The highest BCUT2D eigenvalue weighted by atomic mass is 16.1. The van der Waals surface area contributed by atoms with Gasteiger partial charge in [0, 0.05) is 13.0 Å². The number of carbonyl (C=O) groups is 1. The SMILES string of the molecule is CCCCCCC.O=C1CCCCCN1.c1ccccc1. The first kappa shape index (κ1) is 19.7. The first-order valence-electron chi connectivity index (χ1n) is 8.58. The number of hydrogen-bond donors (Lipinski definition) is 1. The van der Waals surface area contributed by atoms with Crippen molar-refractivity contribution in [2.24, 2.45) is 0 Å². The lowest BCUT2D eigenvalue weighted by molar-refractivity contribution is -0.120. The molecule has 2 rings (SSSR count). The van der Waals surface area contributed by atoms with Crippen LogP contribution in [0.2, 0.25) is 0 Å². The van der Waals surface area contributed by atoms with Crippen molar-refractivity contribution >= 4 is 5.91 Å². The molecule has 0 spiro atoms. The van der Waals surface area contributed by atoms with Gasteiger partial charge < -0.3 is 5.32 Å². The highest BCUT2D eigenvalue weighted by molar-refractivity contribution is 5.75. The largest absolute Gasteiger partial charge is 0.356 e. The lowest BCUT2D eigenvalue weighted by Crippen LogP contribution is -2.21. The summed E-state index contributed by atoms with van der Waals surface area (Å²) < 4.78 is 0. The fraction of sp³-hybridized carbons (Fsp3) is 0.632. The molecular formula is C19H33NO. The number of hydrogen-bond acceptors (Lipinski definition) is 1. The third-order valence-corrected chi connectivity index (χ3v) is 3.28. The van der Waals surface area contributed by atoms with Gasteiger partial charge in [-0.3, -0.25) is 4.79 Å². The van der Waals surface area contributed by atoms with Crippen molar-refractivity contribution < 1.29 is 4.79 Å². The van der Waals surface area contributed by atoms with Crippen molar-refractivity contribution in [3.05, 3.63) is 36.4 Å². The van der Waals surface area contributed by atoms with Gasteiger partial charge in [-0.15, -0.1) is 0 Å². The van der Waals surface area contributed by atoms with Crippen LogP contribution in [0.1, 0.15) is 71.6 Å². The number of carbonyl (C=O) groups excluding carboxylic acids is 1. The Labute approximate surface area is 131 Å². The van der Waals surface area contributed by atoms with Crippen LogP contribution in [-0.2, 0) is 4.79 Å². The second-order valence-corrected chi connectivity index (χ2v) is 5.38. The van der Waals surface area contributed by atoms with E-state index in [1.54, 1.807) is 0 Å². The van der Waals surface area contributed by atoms with E-state index in [9.17, 15) is 4.79 Å². The van der Waals surface area contributed by atoms with E-state index in [2.05, 4.69) is 19.2 Å². The Morgan fingerprint density at radius 3 is 1.81 bits per heavy atom. The molecule has 1 aromatic rings. The maximum absolute atomic E-state index is 10.6. The molecule has 2 heteroatoms. The molecule has 2 nitrogen and oxygen atoms in total. The molecule has 1 fully saturated rings. The minimum Gasteiger partial charge on any atom is -0.356 e. The molecule has 1 heterocycles. The third kappa shape index (κ3) is 16.6. The Kier molecular flexibility index (Phi) is 15.7. The molecular weight excluding hydrogens is 258 g/mol. The summed E-state index contributed by atoms with van der Waals surface area (Å²) in [4.78, 5) is 10.6. The first-order valence-corrected chi connectivity index (χ1v) is 8.58. The van der Waals surface area contributed by atoms with Gasteiger partial charge in [0.05, 0.1) is 0 Å². The molecule has 0 atom stereocenters. The van der Waals surface area contributed by atoms with Crippen LogP contribution in [0.15, 0.2) is 36.4 Å². The minimum atomic E-state index is 0.225. The van der Waals surface area contributed by atoms with Crippen LogP contribution in [0.4, 0.5) is 0 Å². The topological polar surface area (TPSA) is 29.1 Å². The van der Waals surface area contributed by atoms with Gasteiger partial charge >= 0.3 is 0 Å². The minimum absolute atomic E-state index is 0.225. The summed E-state index contributed by atoms with van der Waals surface area (Å²) in [6.07, 6.45) is 11.2. The maximum Gasteiger partial charge on any atom is 0.219 e.